The van der Waals surface area contributed by atoms with Crippen molar-refractivity contribution in [3.8, 4) is 6.07 Å². The Bertz CT molecular complexity index is 179. The first-order valence-electron chi connectivity index (χ1n) is 3.90. The predicted molar refractivity (Wildman–Crippen MR) is 46.7 cm³/mol. The number of hydrogen-bond donors (Lipinski definition) is 0. The average Bonchev–Trinajstić information content (AvgIpc) is 1.93. The van der Waals surface area contributed by atoms with Crippen molar-refractivity contribution in [1.82, 2.24) is 0 Å². The molecule has 0 aliphatic rings. The summed E-state index contributed by atoms with van der Waals surface area (Å²) in [6.45, 7) is 0. The Hall–Kier alpha value is -0.558. The molecule has 0 aliphatic heterocycles. The Kier molecular flexibility index (Phi) is 17.7. The summed E-state index contributed by atoms with van der Waals surface area (Å²) in [5.74, 6) is 0. The molecule has 0 saturated heterocycles. The van der Waals surface area contributed by atoms with Crippen LogP contribution in [0.2, 0.25) is 5.09 Å². The van der Waals surface area contributed by atoms with Gasteiger partial charge < -0.3 is 51.8 Å². The molecule has 1 nitrogen and oxygen atoms in total. The summed E-state index contributed by atoms with van der Waals surface area (Å²) in [4.78, 5) is 0. The second kappa shape index (κ2) is 12.5. The summed E-state index contributed by atoms with van der Waals surface area (Å²) < 4.78 is 117. The number of halogens is 12. The molecule has 0 unspecified atom stereocenters. The Morgan fingerprint density at radius 3 is 0.684 bits per heavy atom. The minimum absolute atomic E-state index is 0.625. The molecule has 112 valence electrons. The summed E-state index contributed by atoms with van der Waals surface area (Å²) in [5, 5.41) is 8.25. The molecule has 0 amide bonds. The molecule has 0 heterocycles. The maximum atomic E-state index is 9.75. The van der Waals surface area contributed by atoms with Crippen LogP contribution in [0.4, 0.5) is 51.8 Å². The van der Waals surface area contributed by atoms with Crippen molar-refractivity contribution in [1.29, 1.82) is 5.26 Å². The quantitative estimate of drug-likeness (QED) is 0.490. The van der Waals surface area contributed by atoms with E-state index in [4.69, 9.17) is 5.26 Å². The molecule has 0 aromatic heterocycles. The third kappa shape index (κ3) is 21300. The van der Waals surface area contributed by atoms with Crippen molar-refractivity contribution < 1.29 is 51.8 Å². The van der Waals surface area contributed by atoms with Crippen molar-refractivity contribution in [2.75, 3.05) is 0 Å². The standard InChI is InChI=1S/C2H2N.3BF4.Li/c1-2-3;3*2-1(3,4)5;/h1H2;;;;/q;3*-1;. The van der Waals surface area contributed by atoms with Crippen LogP contribution in [0.15, 0.2) is 0 Å². The van der Waals surface area contributed by atoms with Gasteiger partial charge >= 0.3 is 55.9 Å². The molecule has 0 saturated carbocycles. The SMILES string of the molecule is F[B-](F)(F)F.F[B-](F)(F)F.F[B-](F)(F)F.[Li][CH2]C#N. The van der Waals surface area contributed by atoms with Crippen LogP contribution in [0.25, 0.3) is 0 Å². The van der Waals surface area contributed by atoms with Crippen LogP contribution in [-0.4, -0.2) is 39.5 Å². The van der Waals surface area contributed by atoms with Crippen LogP contribution in [0.3, 0.4) is 0 Å². The van der Waals surface area contributed by atoms with Gasteiger partial charge in [0, 0.05) is 0 Å². The third-order valence-electron chi connectivity index (χ3n) is 0.158. The van der Waals surface area contributed by atoms with E-state index < -0.39 is 21.8 Å². The summed E-state index contributed by atoms with van der Waals surface area (Å²) in [6, 6.07) is 1.93. The van der Waals surface area contributed by atoms with Gasteiger partial charge in [0.05, 0.1) is 0 Å². The van der Waals surface area contributed by atoms with E-state index in [1.807, 2.05) is 23.8 Å². The van der Waals surface area contributed by atoms with Crippen LogP contribution in [0, 0.1) is 11.3 Å². The van der Waals surface area contributed by atoms with Gasteiger partial charge in [-0.25, -0.2) is 0 Å². The summed E-state index contributed by atoms with van der Waals surface area (Å²) in [6.07, 6.45) is 0. The molecule has 0 N–H and O–H groups in total. The van der Waals surface area contributed by atoms with Crippen LogP contribution in [0.1, 0.15) is 0 Å². The van der Waals surface area contributed by atoms with E-state index >= 15 is 0 Å². The van der Waals surface area contributed by atoms with Gasteiger partial charge in [-0.3, -0.25) is 0 Å². The fourth-order valence-electron chi connectivity index (χ4n) is 0. The Balaban J connectivity index is -0.0000000793. The maximum absolute atomic E-state index is 9.75. The molecule has 0 fully saturated rings. The van der Waals surface area contributed by atoms with Crippen molar-refractivity contribution in [3.63, 3.8) is 0 Å². The zero-order valence-corrected chi connectivity index (χ0v) is 8.92. The summed E-state index contributed by atoms with van der Waals surface area (Å²) >= 11 is 1.82. The van der Waals surface area contributed by atoms with Gasteiger partial charge in [0.2, 0.25) is 0 Å². The predicted octanol–water partition coefficient (Wildman–Crippen LogP) is 4.00. The van der Waals surface area contributed by atoms with E-state index in [1.165, 1.54) is 0 Å². The number of hydrogen-bond acceptors (Lipinski definition) is 1. The first kappa shape index (κ1) is 26.9. The van der Waals surface area contributed by atoms with Gasteiger partial charge in [0.1, 0.15) is 0 Å². The van der Waals surface area contributed by atoms with Crippen LogP contribution in [0.5, 0.6) is 0 Å². The fourth-order valence-corrected chi connectivity index (χ4v) is 0. The third-order valence-corrected chi connectivity index (χ3v) is 0.158. The second-order valence-corrected chi connectivity index (χ2v) is 2.00. The monoisotopic (exact) mass is 308 g/mol. The van der Waals surface area contributed by atoms with Crippen molar-refractivity contribution in [2.45, 2.75) is 5.09 Å². The molecule has 0 aromatic carbocycles. The van der Waals surface area contributed by atoms with Gasteiger partial charge in [0.25, 0.3) is 0 Å². The molecule has 17 heteroatoms. The first-order chi connectivity index (χ1) is 7.91. The normalized spacial score (nSPS) is 10.6. The van der Waals surface area contributed by atoms with E-state index in [-0.39, 0.29) is 0 Å². The first-order valence-corrected chi connectivity index (χ1v) is 3.90. The number of nitrogens with zero attached hydrogens (tertiary/aromatic N) is 1. The number of nitriles is 1. The van der Waals surface area contributed by atoms with Crippen LogP contribution in [-0.2, 0) is 0 Å². The van der Waals surface area contributed by atoms with Crippen LogP contribution < -0.4 is 0 Å². The van der Waals surface area contributed by atoms with E-state index in [1.54, 1.807) is 0 Å². The zero-order valence-electron chi connectivity index (χ0n) is 8.92. The van der Waals surface area contributed by atoms with E-state index in [9.17, 15) is 51.8 Å². The topological polar surface area (TPSA) is 23.8 Å². The molecule has 0 rings (SSSR count). The Morgan fingerprint density at radius 1 is 0.632 bits per heavy atom. The Labute approximate surface area is 108 Å². The average molecular weight is 307 g/mol. The number of rotatable bonds is 0. The molecule has 0 aliphatic carbocycles. The molecule has 0 bridgehead atoms. The van der Waals surface area contributed by atoms with Gasteiger partial charge in [-0.05, 0) is 0 Å². The van der Waals surface area contributed by atoms with E-state index in [2.05, 4.69) is 0 Å². The van der Waals surface area contributed by atoms with Crippen molar-refractivity contribution >= 4 is 39.5 Å². The van der Waals surface area contributed by atoms with E-state index in [0.29, 0.717) is 5.09 Å². The van der Waals surface area contributed by atoms with E-state index in [0.717, 1.165) is 0 Å². The van der Waals surface area contributed by atoms with Crippen LogP contribution >= 0.6 is 0 Å². The van der Waals surface area contributed by atoms with Gasteiger partial charge in [-0.2, -0.15) is 0 Å². The summed E-state index contributed by atoms with van der Waals surface area (Å²) in [7, 11) is -18.0. The molecule has 0 radical (unpaired) electrons. The zero-order chi connectivity index (χ0) is 16.9. The molecule has 19 heavy (non-hydrogen) atoms. The minimum atomic E-state index is -6.00. The van der Waals surface area contributed by atoms with Crippen molar-refractivity contribution in [2.24, 2.45) is 0 Å². The molecule has 0 aromatic rings. The van der Waals surface area contributed by atoms with Gasteiger partial charge in [-0.15, -0.1) is 0 Å². The Morgan fingerprint density at radius 2 is 0.684 bits per heavy atom. The van der Waals surface area contributed by atoms with Gasteiger partial charge in [-0.1, -0.05) is 0 Å². The van der Waals surface area contributed by atoms with Crippen molar-refractivity contribution in [3.05, 3.63) is 0 Å². The molecule has 0 spiro atoms. The second-order valence-electron chi connectivity index (χ2n) is 2.00. The van der Waals surface area contributed by atoms with Gasteiger partial charge in [0.15, 0.2) is 0 Å². The fraction of sp³-hybridized carbons (Fsp3) is 0.500. The molecular weight excluding hydrogens is 305 g/mol. The molecule has 0 atom stereocenters. The molecular formula is C2H2B3F12LiN-3. The summed E-state index contributed by atoms with van der Waals surface area (Å²) in [5.41, 5.74) is 0.